The van der Waals surface area contributed by atoms with Crippen molar-refractivity contribution in [1.82, 2.24) is 0 Å². The van der Waals surface area contributed by atoms with Crippen LogP contribution in [-0.4, -0.2) is 12.0 Å². The highest BCUT2D eigenvalue weighted by molar-refractivity contribution is 14.1. The SMILES string of the molecule is COc1c(I)ccc(Br)c1[N+](=O)[O-]. The lowest BCUT2D eigenvalue weighted by Gasteiger charge is -2.04. The molecule has 0 aliphatic carbocycles. The van der Waals surface area contributed by atoms with E-state index in [0.29, 0.717) is 10.2 Å². The minimum Gasteiger partial charge on any atom is -0.489 e. The van der Waals surface area contributed by atoms with Crippen LogP contribution in [0.2, 0.25) is 0 Å². The van der Waals surface area contributed by atoms with Crippen molar-refractivity contribution in [1.29, 1.82) is 0 Å². The number of benzene rings is 1. The maximum atomic E-state index is 10.6. The zero-order valence-corrected chi connectivity index (χ0v) is 10.3. The maximum Gasteiger partial charge on any atom is 0.326 e. The highest BCUT2D eigenvalue weighted by Gasteiger charge is 2.21. The first-order chi connectivity index (χ1) is 6.07. The molecule has 1 aromatic carbocycles. The third kappa shape index (κ3) is 2.11. The largest absolute Gasteiger partial charge is 0.489 e. The van der Waals surface area contributed by atoms with Gasteiger partial charge in [0, 0.05) is 0 Å². The molecule has 6 heteroatoms. The topological polar surface area (TPSA) is 52.4 Å². The molecule has 13 heavy (non-hydrogen) atoms. The van der Waals surface area contributed by atoms with Crippen LogP contribution in [0.1, 0.15) is 0 Å². The van der Waals surface area contributed by atoms with E-state index >= 15 is 0 Å². The molecule has 0 amide bonds. The fourth-order valence-corrected chi connectivity index (χ4v) is 2.00. The summed E-state index contributed by atoms with van der Waals surface area (Å²) in [7, 11) is 1.41. The normalized spacial score (nSPS) is 9.77. The standard InChI is InChI=1S/C7H5BrINO3/c1-13-7-5(9)3-2-4(8)6(7)10(11)12/h2-3H,1H3. The zero-order chi connectivity index (χ0) is 10.0. The number of hydrogen-bond donors (Lipinski definition) is 0. The van der Waals surface area contributed by atoms with E-state index in [-0.39, 0.29) is 5.69 Å². The van der Waals surface area contributed by atoms with Crippen LogP contribution in [0.25, 0.3) is 0 Å². The summed E-state index contributed by atoms with van der Waals surface area (Å²) in [5, 5.41) is 10.6. The van der Waals surface area contributed by atoms with Gasteiger partial charge in [-0.25, -0.2) is 0 Å². The number of nitro benzene ring substituents is 1. The minimum atomic E-state index is -0.467. The number of ether oxygens (including phenoxy) is 1. The van der Waals surface area contributed by atoms with Gasteiger partial charge in [0.1, 0.15) is 0 Å². The monoisotopic (exact) mass is 357 g/mol. The quantitative estimate of drug-likeness (QED) is 0.464. The second-order valence-corrected chi connectivity index (χ2v) is 4.18. The Balaban J connectivity index is 3.43. The molecular weight excluding hydrogens is 353 g/mol. The van der Waals surface area contributed by atoms with Crippen molar-refractivity contribution in [3.63, 3.8) is 0 Å². The van der Waals surface area contributed by atoms with Gasteiger partial charge in [0.25, 0.3) is 0 Å². The summed E-state index contributed by atoms with van der Waals surface area (Å²) >= 11 is 5.08. The Morgan fingerprint density at radius 1 is 1.62 bits per heavy atom. The Kier molecular flexibility index (Phi) is 3.48. The van der Waals surface area contributed by atoms with Crippen LogP contribution in [0.15, 0.2) is 16.6 Å². The Morgan fingerprint density at radius 2 is 2.23 bits per heavy atom. The summed E-state index contributed by atoms with van der Waals surface area (Å²) in [6.07, 6.45) is 0. The summed E-state index contributed by atoms with van der Waals surface area (Å²) in [6, 6.07) is 3.37. The predicted octanol–water partition coefficient (Wildman–Crippen LogP) is 2.97. The molecule has 0 N–H and O–H groups in total. The second-order valence-electron chi connectivity index (χ2n) is 2.17. The first-order valence-electron chi connectivity index (χ1n) is 3.24. The van der Waals surface area contributed by atoms with Crippen LogP contribution in [0.3, 0.4) is 0 Å². The molecule has 1 aromatic rings. The molecule has 0 heterocycles. The zero-order valence-electron chi connectivity index (χ0n) is 6.58. The van der Waals surface area contributed by atoms with Gasteiger partial charge in [0.05, 0.1) is 20.1 Å². The molecule has 0 radical (unpaired) electrons. The number of halogens is 2. The Hall–Kier alpha value is -0.370. The van der Waals surface area contributed by atoms with Gasteiger partial charge < -0.3 is 4.74 Å². The van der Waals surface area contributed by atoms with E-state index in [2.05, 4.69) is 15.9 Å². The number of rotatable bonds is 2. The molecule has 0 aromatic heterocycles. The van der Waals surface area contributed by atoms with Crippen molar-refractivity contribution < 1.29 is 9.66 Å². The fourth-order valence-electron chi connectivity index (χ4n) is 0.887. The first-order valence-corrected chi connectivity index (χ1v) is 5.11. The molecule has 0 unspecified atom stereocenters. The van der Waals surface area contributed by atoms with Crippen molar-refractivity contribution in [2.45, 2.75) is 0 Å². The van der Waals surface area contributed by atoms with E-state index in [1.54, 1.807) is 12.1 Å². The van der Waals surface area contributed by atoms with Gasteiger partial charge in [-0.3, -0.25) is 10.1 Å². The summed E-state index contributed by atoms with van der Waals surface area (Å²) in [4.78, 5) is 10.2. The molecule has 0 spiro atoms. The summed E-state index contributed by atoms with van der Waals surface area (Å²) in [5.74, 6) is 0.292. The van der Waals surface area contributed by atoms with Crippen LogP contribution >= 0.6 is 38.5 Å². The number of nitrogens with zero attached hydrogens (tertiary/aromatic N) is 1. The minimum absolute atomic E-state index is 0.0330. The van der Waals surface area contributed by atoms with Crippen molar-refractivity contribution in [2.75, 3.05) is 7.11 Å². The van der Waals surface area contributed by atoms with E-state index in [9.17, 15) is 10.1 Å². The van der Waals surface area contributed by atoms with Gasteiger partial charge in [-0.15, -0.1) is 0 Å². The maximum absolute atomic E-state index is 10.6. The summed E-state index contributed by atoms with van der Waals surface area (Å²) in [6.45, 7) is 0. The summed E-state index contributed by atoms with van der Waals surface area (Å²) in [5.41, 5.74) is -0.0330. The third-order valence-electron chi connectivity index (χ3n) is 1.42. The predicted molar refractivity (Wildman–Crippen MR) is 60.1 cm³/mol. The van der Waals surface area contributed by atoms with Gasteiger partial charge in [-0.2, -0.15) is 0 Å². The average Bonchev–Trinajstić information content (AvgIpc) is 2.07. The molecule has 0 bridgehead atoms. The fraction of sp³-hybridized carbons (Fsp3) is 0.143. The molecular formula is C7H5BrINO3. The molecule has 0 saturated heterocycles. The lowest BCUT2D eigenvalue weighted by molar-refractivity contribution is -0.386. The van der Waals surface area contributed by atoms with Gasteiger partial charge in [0.15, 0.2) is 0 Å². The Morgan fingerprint density at radius 3 is 2.62 bits per heavy atom. The highest BCUT2D eigenvalue weighted by atomic mass is 127. The molecule has 0 fully saturated rings. The Labute approximate surface area is 96.7 Å². The first kappa shape index (κ1) is 10.7. The molecule has 0 aliphatic rings. The molecule has 4 nitrogen and oxygen atoms in total. The van der Waals surface area contributed by atoms with Gasteiger partial charge in [-0.1, -0.05) is 0 Å². The molecule has 0 aliphatic heterocycles. The van der Waals surface area contributed by atoms with Crippen LogP contribution in [0.4, 0.5) is 5.69 Å². The molecule has 0 saturated carbocycles. The second kappa shape index (κ2) is 4.23. The van der Waals surface area contributed by atoms with Crippen molar-refractivity contribution in [2.24, 2.45) is 0 Å². The smallest absolute Gasteiger partial charge is 0.326 e. The average molecular weight is 358 g/mol. The lowest BCUT2D eigenvalue weighted by atomic mass is 10.3. The van der Waals surface area contributed by atoms with Crippen molar-refractivity contribution >= 4 is 44.2 Å². The van der Waals surface area contributed by atoms with E-state index < -0.39 is 4.92 Å². The van der Waals surface area contributed by atoms with Gasteiger partial charge in [-0.05, 0) is 50.7 Å². The van der Waals surface area contributed by atoms with Gasteiger partial charge >= 0.3 is 5.69 Å². The molecule has 1 rings (SSSR count). The number of methoxy groups -OCH3 is 1. The van der Waals surface area contributed by atoms with Crippen LogP contribution in [0, 0.1) is 13.7 Å². The molecule has 0 atom stereocenters. The van der Waals surface area contributed by atoms with E-state index in [1.165, 1.54) is 7.11 Å². The number of nitro groups is 1. The van der Waals surface area contributed by atoms with Crippen LogP contribution in [-0.2, 0) is 0 Å². The van der Waals surface area contributed by atoms with Crippen molar-refractivity contribution in [3.05, 3.63) is 30.3 Å². The van der Waals surface area contributed by atoms with E-state index in [4.69, 9.17) is 4.74 Å². The highest BCUT2D eigenvalue weighted by Crippen LogP contribution is 2.37. The van der Waals surface area contributed by atoms with E-state index in [0.717, 1.165) is 3.57 Å². The van der Waals surface area contributed by atoms with Gasteiger partial charge in [0.2, 0.25) is 5.75 Å². The molecule has 70 valence electrons. The van der Waals surface area contributed by atoms with Crippen LogP contribution < -0.4 is 4.74 Å². The number of hydrogen-bond acceptors (Lipinski definition) is 3. The Bertz CT molecular complexity index is 356. The van der Waals surface area contributed by atoms with Crippen LogP contribution in [0.5, 0.6) is 5.75 Å². The van der Waals surface area contributed by atoms with Crippen molar-refractivity contribution in [3.8, 4) is 5.75 Å². The lowest BCUT2D eigenvalue weighted by Crippen LogP contribution is -1.96. The summed E-state index contributed by atoms with van der Waals surface area (Å²) < 4.78 is 6.08. The third-order valence-corrected chi connectivity index (χ3v) is 2.91. The van der Waals surface area contributed by atoms with E-state index in [1.807, 2.05) is 22.6 Å².